The predicted octanol–water partition coefficient (Wildman–Crippen LogP) is -1.60. The van der Waals surface area contributed by atoms with Crippen molar-refractivity contribution in [2.45, 2.75) is 230 Å². The predicted molar refractivity (Wildman–Crippen MR) is 551 cm³/mol. The van der Waals surface area contributed by atoms with Gasteiger partial charge < -0.3 is 125 Å². The second-order valence-electron chi connectivity index (χ2n) is 37.8. The fourth-order valence-corrected chi connectivity index (χ4v) is 20.2. The molecule has 47 nitrogen and oxygen atoms in total. The lowest BCUT2D eigenvalue weighted by atomic mass is 9.99. The van der Waals surface area contributed by atoms with E-state index in [1.807, 2.05) is 0 Å². The number of amides is 18. The molecule has 1 saturated heterocycles. The number of pyridine rings is 3. The van der Waals surface area contributed by atoms with Crippen molar-refractivity contribution in [3.8, 4) is 0 Å². The van der Waals surface area contributed by atoms with Crippen LogP contribution in [0.1, 0.15) is 145 Å². The van der Waals surface area contributed by atoms with Crippen molar-refractivity contribution in [1.82, 2.24) is 113 Å². The van der Waals surface area contributed by atoms with Crippen molar-refractivity contribution in [3.05, 3.63) is 161 Å². The van der Waals surface area contributed by atoms with E-state index in [2.05, 4.69) is 73.8 Å². The van der Waals surface area contributed by atoms with Gasteiger partial charge in [-0.05, 0) is 105 Å². The van der Waals surface area contributed by atoms with E-state index >= 15 is 33.6 Å². The summed E-state index contributed by atoms with van der Waals surface area (Å²) in [5, 5.41) is 63.9. The Hall–Kier alpha value is -14.7. The number of hydrogen-bond donors (Lipinski definition) is 19. The van der Waals surface area contributed by atoms with Gasteiger partial charge in [0, 0.05) is 134 Å². The van der Waals surface area contributed by atoms with Gasteiger partial charge in [-0.15, -0.1) is 0 Å². The molecule has 10 bridgehead atoms. The number of hydrogen-bond acceptors (Lipinski definition) is 28. The Bertz CT molecular complexity index is 6100. The van der Waals surface area contributed by atoms with Crippen LogP contribution in [0, 0.1) is 11.8 Å². The summed E-state index contributed by atoms with van der Waals surface area (Å²) >= 11 is 2.99. The van der Waals surface area contributed by atoms with E-state index < -0.39 is 259 Å². The number of para-hydroxylation sites is 2. The number of H-pyrrole nitrogens is 2. The van der Waals surface area contributed by atoms with E-state index in [1.54, 1.807) is 123 Å². The minimum Gasteiger partial charge on any atom is -0.481 e. The first-order valence-electron chi connectivity index (χ1n) is 49.3. The Morgan fingerprint density at radius 2 is 0.953 bits per heavy atom. The zero-order chi connectivity index (χ0) is 109. The quantitative estimate of drug-likeness (QED) is 0.0409. The summed E-state index contributed by atoms with van der Waals surface area (Å²) in [5.74, 6) is -22.6. The van der Waals surface area contributed by atoms with Crippen LogP contribution in [0.5, 0.6) is 0 Å². The van der Waals surface area contributed by atoms with Crippen LogP contribution in [0.4, 0.5) is 0 Å². The summed E-state index contributed by atoms with van der Waals surface area (Å²) in [6, 6.07) is 8.88. The molecule has 2 aromatic carbocycles. The first-order valence-corrected chi connectivity index (χ1v) is 52.8. The lowest BCUT2D eigenvalue weighted by Gasteiger charge is -2.32. The number of aliphatic hydroxyl groups is 1. The highest BCUT2D eigenvalue weighted by Gasteiger charge is 2.44. The lowest BCUT2D eigenvalue weighted by molar-refractivity contribution is -0.143. The molecule has 9 heterocycles. The normalized spacial score (nSPS) is 22.7. The number of likely N-dealkylation sites (N-methyl/N-ethyl adjacent to an activating group) is 1. The van der Waals surface area contributed by atoms with Crippen molar-refractivity contribution in [1.29, 1.82) is 0 Å². The third-order valence-electron chi connectivity index (χ3n) is 25.4. The Morgan fingerprint density at radius 1 is 0.493 bits per heavy atom. The van der Waals surface area contributed by atoms with E-state index in [-0.39, 0.29) is 114 Å². The average molecular weight is 2130 g/mol. The Kier molecular flexibility index (Phi) is 42.8. The van der Waals surface area contributed by atoms with E-state index in [0.717, 1.165) is 47.1 Å². The summed E-state index contributed by atoms with van der Waals surface area (Å²) in [4.78, 5) is 318. The summed E-state index contributed by atoms with van der Waals surface area (Å²) < 4.78 is 0. The van der Waals surface area contributed by atoms with Crippen molar-refractivity contribution in [2.24, 2.45) is 23.3 Å². The number of carboxylic acids is 2. The lowest BCUT2D eigenvalue weighted by Crippen LogP contribution is -2.62. The molecule has 0 spiro atoms. The first kappa shape index (κ1) is 116. The maximum Gasteiger partial charge on any atom is 0.305 e. The first-order chi connectivity index (χ1) is 71.6. The second kappa shape index (κ2) is 55.6. The number of nitrogens with zero attached hydrogens (tertiary/aromatic N) is 8. The summed E-state index contributed by atoms with van der Waals surface area (Å²) in [6.45, 7) is 5.98. The van der Waals surface area contributed by atoms with Crippen molar-refractivity contribution in [2.75, 3.05) is 67.7 Å². The minimum absolute atomic E-state index is 0.0240. The van der Waals surface area contributed by atoms with Gasteiger partial charge in [0.25, 0.3) is 0 Å². The van der Waals surface area contributed by atoms with Gasteiger partial charge in [-0.3, -0.25) is 111 Å². The molecule has 13 atom stereocenters. The number of benzene rings is 2. The number of carboxylic acid groups (broad SMARTS) is 2. The van der Waals surface area contributed by atoms with Crippen LogP contribution in [-0.4, -0.2) is 329 Å². The molecule has 0 radical (unpaired) electrons. The van der Waals surface area contributed by atoms with Gasteiger partial charge in [0.15, 0.2) is 0 Å². The van der Waals surface area contributed by atoms with Crippen LogP contribution in [0.3, 0.4) is 0 Å². The van der Waals surface area contributed by atoms with Crippen molar-refractivity contribution in [3.63, 3.8) is 0 Å². The second-order valence-corrected chi connectivity index (χ2v) is 41.3. The molecule has 806 valence electrons. The Morgan fingerprint density at radius 3 is 1.44 bits per heavy atom. The van der Waals surface area contributed by atoms with E-state index in [1.165, 1.54) is 53.6 Å². The zero-order valence-electron chi connectivity index (χ0n) is 84.2. The third-order valence-corrected chi connectivity index (χ3v) is 28.6. The van der Waals surface area contributed by atoms with E-state index in [4.69, 9.17) is 26.4 Å². The number of aromatic amines is 2. The smallest absolute Gasteiger partial charge is 0.305 e. The van der Waals surface area contributed by atoms with Crippen LogP contribution in [0.2, 0.25) is 0 Å². The SMILES string of the molecule is CC(C)[C@@H]1NC(=O)[C@H](Cc2c[nH]c3ccccc23)NC(=O)[C@@H]2CSCCC(=O)N3Cc4cccc(n4)CN(Cc4cccc(n4)CN(Cc4cccc(n4)C3)C(=O)CCSC[C@H](NC(=O)[C@H](C)NC(=O)CN(C)C(=O)CCN)C(=O)N[C@@H]([C@@H](C)O)C(=O)N[C@@H](CCC(=O)O)C(=O)N2)C(=O)CCSC[C@@H](C(N)=O)NC(=O)[C@@H]2CCCN2C(=O)[C@H](C(C)C)NC(=O)[C@H](Cc2c[nH]c3ccccc23)NC(=O)CNC(=O)[C@H](CC(=O)O)NC1=O. The highest BCUT2D eigenvalue weighted by Crippen LogP contribution is 2.28. The van der Waals surface area contributed by atoms with Gasteiger partial charge >= 0.3 is 11.9 Å². The molecule has 7 aromatic rings. The molecular formula is C100H130N24O23S3. The largest absolute Gasteiger partial charge is 0.481 e. The van der Waals surface area contributed by atoms with Crippen LogP contribution in [-0.2, 0) is 148 Å². The van der Waals surface area contributed by atoms with Gasteiger partial charge in [-0.1, -0.05) is 82.3 Å². The van der Waals surface area contributed by atoms with Crippen LogP contribution < -0.4 is 75.3 Å². The zero-order valence-corrected chi connectivity index (χ0v) is 86.6. The van der Waals surface area contributed by atoms with Crippen molar-refractivity contribution < 1.29 is 111 Å². The van der Waals surface area contributed by atoms with Crippen LogP contribution >= 0.6 is 35.3 Å². The molecule has 4 aliphatic heterocycles. The molecule has 1 fully saturated rings. The standard InChI is InChI=1S/C100H130N24O23S3/c1-54(2)86-98(145)113-73(40-85(134)135)91(138)105-43-78(126)110-71(38-58-41-103-68-24-10-8-22-66(58)68)93(140)118-87(55(3)4)100(147)124-34-15-26-77(124)97(144)114-74(89(102)136)51-148-35-30-81(129)121-44-60-16-12-18-62(107-60)46-122-47-63-20-14-21-65(109-63)49-123(48-64-19-13-17-61(45-121)108-64)83(131)32-37-150-53-76(115-90(137)56(5)106-79(127)50-120(7)80(128)29-33-101)96(143)119-88(57(6)125)99(146)111-70(27-28-84(132)133)92(139)116-75(52-149-36-31-82(122)130)95(142)112-72(94(141)117-86)39-59-42-104-69-25-11-9-23-67(59)69/h8-14,16-25,41-42,54-57,70-77,86-88,103-104,125H,15,26-40,43-53,101H2,1-7H3,(H2,102,136)(H,105,138)(H,106,127)(H,110,126)(H,111,146)(H,112,142)(H,113,145)(H,114,144)(H,115,137)(H,116,139)(H,117,141)(H,118,140)(H,119,143)(H,132,133)(H,134,135)/t56-,57+,70-,71-,72-,73-,74-,75-,76-,77-,86-,87-,88-/m0/s1. The molecule has 4 aliphatic rings. The summed E-state index contributed by atoms with van der Waals surface area (Å²) in [5.41, 5.74) is 15.7. The molecule has 5 aromatic heterocycles. The maximum atomic E-state index is 15.8. The number of nitrogens with one attached hydrogen (secondary N) is 14. The highest BCUT2D eigenvalue weighted by molar-refractivity contribution is 7.99. The molecule has 0 aliphatic carbocycles. The summed E-state index contributed by atoms with van der Waals surface area (Å²) in [6.07, 6.45) is -2.60. The molecule has 21 N–H and O–H groups in total. The van der Waals surface area contributed by atoms with Gasteiger partial charge in [-0.2, -0.15) is 35.3 Å². The Balaban J connectivity index is 1.00. The molecular weight excluding hydrogens is 2000 g/mol. The monoisotopic (exact) mass is 2130 g/mol. The minimum atomic E-state index is -2.07. The average Bonchev–Trinajstić information content (AvgIpc) is 1.63. The number of primary amides is 1. The number of aliphatic carboxylic acids is 2. The summed E-state index contributed by atoms with van der Waals surface area (Å²) in [7, 11) is 1.34. The highest BCUT2D eigenvalue weighted by atomic mass is 32.2. The van der Waals surface area contributed by atoms with Gasteiger partial charge in [0.05, 0.1) is 99.0 Å². The van der Waals surface area contributed by atoms with E-state index in [9.17, 15) is 77.6 Å². The third kappa shape index (κ3) is 33.7. The number of aromatic nitrogens is 5. The number of nitrogens with two attached hydrogens (primary N) is 2. The molecule has 50 heteroatoms. The van der Waals surface area contributed by atoms with Crippen LogP contribution in [0.25, 0.3) is 21.8 Å². The number of rotatable bonds is 20. The number of aliphatic hydroxyl groups excluding tert-OH is 1. The fraction of sp³-hybridized carbons (Fsp3) is 0.490. The fourth-order valence-electron chi connectivity index (χ4n) is 17.3. The number of carbonyl (C=O) groups excluding carboxylic acids is 18. The van der Waals surface area contributed by atoms with Gasteiger partial charge in [0.2, 0.25) is 106 Å². The maximum absolute atomic E-state index is 15.8. The number of carbonyl (C=O) groups is 20. The number of thioether (sulfide) groups is 3. The molecule has 150 heavy (non-hydrogen) atoms. The van der Waals surface area contributed by atoms with Gasteiger partial charge in [0.1, 0.15) is 72.5 Å². The van der Waals surface area contributed by atoms with Crippen molar-refractivity contribution >= 4 is 175 Å². The van der Waals surface area contributed by atoms with E-state index in [0.29, 0.717) is 73.5 Å². The Labute approximate surface area is 876 Å². The van der Waals surface area contributed by atoms with Gasteiger partial charge in [-0.25, -0.2) is 0 Å². The molecule has 0 unspecified atom stereocenters. The number of fused-ring (bicyclic) bond motifs is 12. The molecule has 18 amide bonds. The van der Waals surface area contributed by atoms with Crippen LogP contribution in [0.15, 0.2) is 116 Å². The molecule has 11 rings (SSSR count). The molecule has 0 saturated carbocycles. The topological polar surface area (TPSA) is 685 Å².